The Morgan fingerprint density at radius 2 is 2.08 bits per heavy atom. The number of nitrogens with zero attached hydrogens (tertiary/aromatic N) is 2. The van der Waals surface area contributed by atoms with E-state index in [1.807, 2.05) is 24.3 Å². The zero-order valence-electron chi connectivity index (χ0n) is 14.0. The fourth-order valence-electron chi connectivity index (χ4n) is 3.02. The van der Waals surface area contributed by atoms with Gasteiger partial charge in [-0.05, 0) is 36.4 Å². The molecule has 26 heavy (non-hydrogen) atoms. The van der Waals surface area contributed by atoms with Crippen molar-refractivity contribution in [3.63, 3.8) is 0 Å². The van der Waals surface area contributed by atoms with Crippen molar-refractivity contribution in [2.75, 3.05) is 13.2 Å². The van der Waals surface area contributed by atoms with Crippen LogP contribution in [0.1, 0.15) is 28.5 Å². The lowest BCUT2D eigenvalue weighted by molar-refractivity contribution is 0.0976. The summed E-state index contributed by atoms with van der Waals surface area (Å²) in [6.07, 6.45) is 0.919. The Kier molecular flexibility index (Phi) is 4.38. The van der Waals surface area contributed by atoms with Crippen LogP contribution in [0.4, 0.5) is 0 Å². The molecule has 6 nitrogen and oxygen atoms in total. The van der Waals surface area contributed by atoms with Crippen LogP contribution in [0.3, 0.4) is 0 Å². The number of carbonyl (C=O) groups is 1. The van der Waals surface area contributed by atoms with Gasteiger partial charge in [0.2, 0.25) is 0 Å². The van der Waals surface area contributed by atoms with Gasteiger partial charge in [-0.15, -0.1) is 0 Å². The first-order valence-electron chi connectivity index (χ1n) is 8.47. The first-order chi connectivity index (χ1) is 12.7. The Balaban J connectivity index is 1.54. The molecule has 1 aliphatic heterocycles. The van der Waals surface area contributed by atoms with E-state index in [1.54, 1.807) is 24.3 Å². The molecule has 4 rings (SSSR count). The monoisotopic (exact) mass is 347 g/mol. The smallest absolute Gasteiger partial charge is 0.187 e. The van der Waals surface area contributed by atoms with Gasteiger partial charge in [0.05, 0.1) is 30.3 Å². The van der Waals surface area contributed by atoms with Crippen molar-refractivity contribution in [3.05, 3.63) is 59.9 Å². The second kappa shape index (κ2) is 6.98. The number of para-hydroxylation sites is 2. The normalized spacial score (nSPS) is 17.7. The van der Waals surface area contributed by atoms with Gasteiger partial charge in [-0.25, -0.2) is 4.98 Å². The molecule has 2 aromatic carbocycles. The first kappa shape index (κ1) is 16.3. The Morgan fingerprint density at radius 3 is 2.77 bits per heavy atom. The van der Waals surface area contributed by atoms with Gasteiger partial charge < -0.3 is 14.5 Å². The minimum atomic E-state index is -0.975. The number of carbonyl (C=O) groups excluding carboxylic acids is 1. The Morgan fingerprint density at radius 1 is 1.27 bits per heavy atom. The summed E-state index contributed by atoms with van der Waals surface area (Å²) >= 11 is 0. The summed E-state index contributed by atoms with van der Waals surface area (Å²) in [7, 11) is 0. The fourth-order valence-corrected chi connectivity index (χ4v) is 3.02. The second-order valence-corrected chi connectivity index (χ2v) is 6.19. The molecule has 0 amide bonds. The van der Waals surface area contributed by atoms with Crippen molar-refractivity contribution in [2.45, 2.75) is 18.4 Å². The van der Waals surface area contributed by atoms with Gasteiger partial charge in [-0.1, -0.05) is 12.1 Å². The van der Waals surface area contributed by atoms with Gasteiger partial charge in [0, 0.05) is 12.0 Å². The summed E-state index contributed by atoms with van der Waals surface area (Å²) in [4.78, 5) is 20.2. The van der Waals surface area contributed by atoms with E-state index in [0.717, 1.165) is 17.5 Å². The molecule has 2 atom stereocenters. The highest BCUT2D eigenvalue weighted by atomic mass is 16.5. The molecule has 0 bridgehead atoms. The molecule has 0 aliphatic carbocycles. The molecular formula is C20H17N3O3. The summed E-state index contributed by atoms with van der Waals surface area (Å²) in [6.45, 7) is 1.30. The number of rotatable bonds is 5. The third-order valence-electron chi connectivity index (χ3n) is 4.40. The Labute approximate surface area is 150 Å². The number of aromatic amines is 1. The van der Waals surface area contributed by atoms with E-state index in [0.29, 0.717) is 30.4 Å². The zero-order chi connectivity index (χ0) is 17.9. The minimum Gasteiger partial charge on any atom is -0.488 e. The van der Waals surface area contributed by atoms with Crippen molar-refractivity contribution in [1.29, 1.82) is 5.26 Å². The molecule has 1 aromatic heterocycles. The highest BCUT2D eigenvalue weighted by Crippen LogP contribution is 2.23. The SMILES string of the molecule is N#C[C@H](C(=O)c1ccc(O[C@H]2CCOC2)cc1)c1nc2ccccc2[nH]1. The Hall–Kier alpha value is -3.17. The number of fused-ring (bicyclic) bond motifs is 1. The number of benzene rings is 2. The van der Waals surface area contributed by atoms with E-state index in [-0.39, 0.29) is 11.9 Å². The van der Waals surface area contributed by atoms with Crippen LogP contribution >= 0.6 is 0 Å². The van der Waals surface area contributed by atoms with Gasteiger partial charge in [-0.2, -0.15) is 5.26 Å². The van der Waals surface area contributed by atoms with Crippen LogP contribution in [0.2, 0.25) is 0 Å². The topological polar surface area (TPSA) is 88.0 Å². The second-order valence-electron chi connectivity index (χ2n) is 6.19. The minimum absolute atomic E-state index is 0.0546. The third-order valence-corrected chi connectivity index (χ3v) is 4.40. The number of nitriles is 1. The van der Waals surface area contributed by atoms with E-state index >= 15 is 0 Å². The number of ether oxygens (including phenoxy) is 2. The molecule has 130 valence electrons. The average molecular weight is 347 g/mol. The van der Waals surface area contributed by atoms with Crippen LogP contribution in [0.25, 0.3) is 11.0 Å². The lowest BCUT2D eigenvalue weighted by Gasteiger charge is -2.12. The molecule has 1 saturated heterocycles. The van der Waals surface area contributed by atoms with E-state index in [4.69, 9.17) is 9.47 Å². The highest BCUT2D eigenvalue weighted by molar-refractivity contribution is 6.02. The molecule has 1 aliphatic rings. The molecule has 0 unspecified atom stereocenters. The molecular weight excluding hydrogens is 330 g/mol. The number of aromatic nitrogens is 2. The van der Waals surface area contributed by atoms with Crippen LogP contribution in [0, 0.1) is 11.3 Å². The van der Waals surface area contributed by atoms with Gasteiger partial charge in [-0.3, -0.25) is 4.79 Å². The molecule has 1 N–H and O–H groups in total. The lowest BCUT2D eigenvalue weighted by Crippen LogP contribution is -2.16. The van der Waals surface area contributed by atoms with Gasteiger partial charge in [0.15, 0.2) is 11.7 Å². The van der Waals surface area contributed by atoms with E-state index < -0.39 is 5.92 Å². The van der Waals surface area contributed by atoms with Crippen LogP contribution in [0.5, 0.6) is 5.75 Å². The number of Topliss-reactive ketones (excluding diaryl/α,β-unsaturated/α-hetero) is 1. The van der Waals surface area contributed by atoms with Crippen molar-refractivity contribution in [3.8, 4) is 11.8 Å². The molecule has 0 radical (unpaired) electrons. The number of imidazole rings is 1. The largest absolute Gasteiger partial charge is 0.488 e. The van der Waals surface area contributed by atoms with E-state index in [2.05, 4.69) is 16.0 Å². The molecule has 3 aromatic rings. The fraction of sp³-hybridized carbons (Fsp3) is 0.250. The average Bonchev–Trinajstić information content (AvgIpc) is 3.32. The predicted molar refractivity (Wildman–Crippen MR) is 95.1 cm³/mol. The maximum absolute atomic E-state index is 12.8. The summed E-state index contributed by atoms with van der Waals surface area (Å²) < 4.78 is 11.1. The molecule has 6 heteroatoms. The molecule has 0 spiro atoms. The highest BCUT2D eigenvalue weighted by Gasteiger charge is 2.25. The lowest BCUT2D eigenvalue weighted by atomic mass is 9.98. The van der Waals surface area contributed by atoms with E-state index in [9.17, 15) is 10.1 Å². The van der Waals surface area contributed by atoms with Crippen LogP contribution in [-0.4, -0.2) is 35.1 Å². The predicted octanol–water partition coefficient (Wildman–Crippen LogP) is 3.22. The number of hydrogen-bond donors (Lipinski definition) is 1. The standard InChI is InChI=1S/C20H17N3O3/c21-11-16(20-22-17-3-1-2-4-18(17)23-20)19(24)13-5-7-14(8-6-13)26-15-9-10-25-12-15/h1-8,15-16H,9-10,12H2,(H,22,23)/t15-,16+/m0/s1. The van der Waals surface area contributed by atoms with Crippen LogP contribution < -0.4 is 4.74 Å². The van der Waals surface area contributed by atoms with E-state index in [1.165, 1.54) is 0 Å². The zero-order valence-corrected chi connectivity index (χ0v) is 14.0. The first-order valence-corrected chi connectivity index (χ1v) is 8.47. The number of nitrogens with one attached hydrogen (secondary N) is 1. The van der Waals surface area contributed by atoms with Crippen molar-refractivity contribution in [1.82, 2.24) is 9.97 Å². The van der Waals surface area contributed by atoms with Crippen molar-refractivity contribution in [2.24, 2.45) is 0 Å². The summed E-state index contributed by atoms with van der Waals surface area (Å²) in [5, 5.41) is 9.51. The quantitative estimate of drug-likeness (QED) is 0.716. The molecule has 1 fully saturated rings. The number of H-pyrrole nitrogens is 1. The molecule has 0 saturated carbocycles. The van der Waals surface area contributed by atoms with Crippen molar-refractivity contribution < 1.29 is 14.3 Å². The van der Waals surface area contributed by atoms with Crippen LogP contribution in [-0.2, 0) is 4.74 Å². The van der Waals surface area contributed by atoms with Crippen molar-refractivity contribution >= 4 is 16.8 Å². The maximum Gasteiger partial charge on any atom is 0.187 e. The third kappa shape index (κ3) is 3.17. The summed E-state index contributed by atoms with van der Waals surface area (Å²) in [6, 6.07) is 16.4. The van der Waals surface area contributed by atoms with Gasteiger partial charge >= 0.3 is 0 Å². The number of hydrogen-bond acceptors (Lipinski definition) is 5. The Bertz CT molecular complexity index is 933. The molecule has 2 heterocycles. The maximum atomic E-state index is 12.8. The summed E-state index contributed by atoms with van der Waals surface area (Å²) in [5.74, 6) is -0.212. The number of ketones is 1. The van der Waals surface area contributed by atoms with Gasteiger partial charge in [0.1, 0.15) is 17.7 Å². The summed E-state index contributed by atoms with van der Waals surface area (Å²) in [5.41, 5.74) is 1.99. The van der Waals surface area contributed by atoms with Gasteiger partial charge in [0.25, 0.3) is 0 Å². The van der Waals surface area contributed by atoms with Crippen LogP contribution in [0.15, 0.2) is 48.5 Å².